The molecule has 24 heavy (non-hydrogen) atoms. The molecule has 1 aromatic rings. The Labute approximate surface area is 156 Å². The van der Waals surface area contributed by atoms with Gasteiger partial charge in [-0.2, -0.15) is 0 Å². The van der Waals surface area contributed by atoms with Crippen molar-refractivity contribution in [2.45, 2.75) is 12.8 Å². The van der Waals surface area contributed by atoms with E-state index < -0.39 is 0 Å². The summed E-state index contributed by atoms with van der Waals surface area (Å²) >= 11 is 6.11. The number of nitrogens with one attached hydrogen (secondary N) is 1. The SMILES string of the molecule is Cl.Clc1ccccc1OCCN1CCN(CC2CCNCC2)CC1. The van der Waals surface area contributed by atoms with E-state index in [0.717, 1.165) is 31.3 Å². The Hall–Kier alpha value is -0.520. The van der Waals surface area contributed by atoms with E-state index in [0.29, 0.717) is 11.6 Å². The lowest BCUT2D eigenvalue weighted by Crippen LogP contribution is -2.49. The van der Waals surface area contributed by atoms with Crippen LogP contribution in [0.4, 0.5) is 0 Å². The summed E-state index contributed by atoms with van der Waals surface area (Å²) in [4.78, 5) is 5.14. The summed E-state index contributed by atoms with van der Waals surface area (Å²) in [5, 5.41) is 4.14. The summed E-state index contributed by atoms with van der Waals surface area (Å²) in [7, 11) is 0. The Morgan fingerprint density at radius 3 is 2.42 bits per heavy atom. The van der Waals surface area contributed by atoms with Crippen LogP contribution in [0, 0.1) is 5.92 Å². The van der Waals surface area contributed by atoms with Gasteiger partial charge in [0.05, 0.1) is 5.02 Å². The van der Waals surface area contributed by atoms with Gasteiger partial charge in [-0.3, -0.25) is 4.90 Å². The van der Waals surface area contributed by atoms with E-state index in [-0.39, 0.29) is 12.4 Å². The van der Waals surface area contributed by atoms with Gasteiger partial charge in [-0.25, -0.2) is 0 Å². The van der Waals surface area contributed by atoms with Gasteiger partial charge in [-0.05, 0) is 44.0 Å². The summed E-state index contributed by atoms with van der Waals surface area (Å²) in [6.45, 7) is 10.0. The minimum absolute atomic E-state index is 0. The third-order valence-electron chi connectivity index (χ3n) is 4.94. The fraction of sp³-hybridized carbons (Fsp3) is 0.667. The maximum absolute atomic E-state index is 6.11. The maximum atomic E-state index is 6.11. The molecular formula is C18H29Cl2N3O. The van der Waals surface area contributed by atoms with E-state index in [9.17, 15) is 0 Å². The fourth-order valence-corrected chi connectivity index (χ4v) is 3.66. The second-order valence-electron chi connectivity index (χ2n) is 6.61. The molecule has 4 nitrogen and oxygen atoms in total. The highest BCUT2D eigenvalue weighted by molar-refractivity contribution is 6.32. The van der Waals surface area contributed by atoms with Crippen molar-refractivity contribution in [1.82, 2.24) is 15.1 Å². The van der Waals surface area contributed by atoms with Crippen molar-refractivity contribution >= 4 is 24.0 Å². The zero-order valence-corrected chi connectivity index (χ0v) is 15.8. The zero-order valence-electron chi connectivity index (χ0n) is 14.3. The predicted octanol–water partition coefficient (Wildman–Crippen LogP) is 2.76. The molecule has 0 radical (unpaired) electrons. The number of nitrogens with zero attached hydrogens (tertiary/aromatic N) is 2. The lowest BCUT2D eigenvalue weighted by atomic mass is 9.97. The number of hydrogen-bond donors (Lipinski definition) is 1. The third-order valence-corrected chi connectivity index (χ3v) is 5.25. The highest BCUT2D eigenvalue weighted by Crippen LogP contribution is 2.23. The molecule has 0 saturated carbocycles. The molecule has 0 bridgehead atoms. The van der Waals surface area contributed by atoms with Crippen molar-refractivity contribution in [3.05, 3.63) is 29.3 Å². The van der Waals surface area contributed by atoms with Gasteiger partial charge in [0.15, 0.2) is 0 Å². The van der Waals surface area contributed by atoms with E-state index in [1.165, 1.54) is 45.6 Å². The molecule has 6 heteroatoms. The van der Waals surface area contributed by atoms with Crippen molar-refractivity contribution in [3.8, 4) is 5.75 Å². The molecule has 2 heterocycles. The van der Waals surface area contributed by atoms with Crippen molar-refractivity contribution in [3.63, 3.8) is 0 Å². The molecule has 0 atom stereocenters. The van der Waals surface area contributed by atoms with Gasteiger partial charge in [-0.15, -0.1) is 12.4 Å². The van der Waals surface area contributed by atoms with E-state index in [1.54, 1.807) is 0 Å². The van der Waals surface area contributed by atoms with E-state index in [2.05, 4.69) is 15.1 Å². The Bertz CT molecular complexity index is 475. The molecule has 2 aliphatic heterocycles. The van der Waals surface area contributed by atoms with Crippen LogP contribution in [0.3, 0.4) is 0 Å². The van der Waals surface area contributed by atoms with Crippen LogP contribution in [-0.4, -0.2) is 68.8 Å². The van der Waals surface area contributed by atoms with Crippen LogP contribution in [0.25, 0.3) is 0 Å². The first kappa shape index (κ1) is 19.8. The van der Waals surface area contributed by atoms with Gasteiger partial charge in [-0.1, -0.05) is 23.7 Å². The van der Waals surface area contributed by atoms with Crippen LogP contribution in [0.2, 0.25) is 5.02 Å². The van der Waals surface area contributed by atoms with Gasteiger partial charge in [0.25, 0.3) is 0 Å². The van der Waals surface area contributed by atoms with Crippen molar-refractivity contribution in [2.24, 2.45) is 5.92 Å². The van der Waals surface area contributed by atoms with Gasteiger partial charge in [0.2, 0.25) is 0 Å². The van der Waals surface area contributed by atoms with Crippen LogP contribution in [0.1, 0.15) is 12.8 Å². The Morgan fingerprint density at radius 2 is 1.71 bits per heavy atom. The first-order chi connectivity index (χ1) is 11.3. The highest BCUT2D eigenvalue weighted by Gasteiger charge is 2.21. The molecule has 1 aromatic carbocycles. The second-order valence-corrected chi connectivity index (χ2v) is 7.02. The summed E-state index contributed by atoms with van der Waals surface area (Å²) in [6, 6.07) is 7.69. The minimum atomic E-state index is 0. The predicted molar refractivity (Wildman–Crippen MR) is 103 cm³/mol. The standard InChI is InChI=1S/C18H28ClN3O.ClH/c19-17-3-1-2-4-18(17)23-14-13-21-9-11-22(12-10-21)15-16-5-7-20-8-6-16;/h1-4,16,20H,5-15H2;1H. The minimum Gasteiger partial charge on any atom is -0.491 e. The molecular weight excluding hydrogens is 345 g/mol. The first-order valence-corrected chi connectivity index (χ1v) is 9.22. The third kappa shape index (κ3) is 6.08. The normalized spacial score (nSPS) is 20.5. The molecule has 0 amide bonds. The smallest absolute Gasteiger partial charge is 0.137 e. The maximum Gasteiger partial charge on any atom is 0.137 e. The number of ether oxygens (including phenoxy) is 1. The van der Waals surface area contributed by atoms with Crippen LogP contribution in [0.5, 0.6) is 5.75 Å². The van der Waals surface area contributed by atoms with Crippen LogP contribution in [0.15, 0.2) is 24.3 Å². The number of benzene rings is 1. The Morgan fingerprint density at radius 1 is 1.04 bits per heavy atom. The number of rotatable bonds is 6. The molecule has 0 aromatic heterocycles. The summed E-state index contributed by atoms with van der Waals surface area (Å²) in [5.74, 6) is 1.69. The lowest BCUT2D eigenvalue weighted by Gasteiger charge is -2.37. The molecule has 2 aliphatic rings. The fourth-order valence-electron chi connectivity index (χ4n) is 3.47. The quantitative estimate of drug-likeness (QED) is 0.829. The Kier molecular flexibility index (Phi) is 8.63. The summed E-state index contributed by atoms with van der Waals surface area (Å²) in [5.41, 5.74) is 0. The van der Waals surface area contributed by atoms with Crippen molar-refractivity contribution in [1.29, 1.82) is 0 Å². The molecule has 0 spiro atoms. The van der Waals surface area contributed by atoms with Crippen molar-refractivity contribution in [2.75, 3.05) is 59.0 Å². The molecule has 2 saturated heterocycles. The van der Waals surface area contributed by atoms with E-state index in [4.69, 9.17) is 16.3 Å². The summed E-state index contributed by atoms with van der Waals surface area (Å²) in [6.07, 6.45) is 2.68. The lowest BCUT2D eigenvalue weighted by molar-refractivity contribution is 0.1000. The van der Waals surface area contributed by atoms with Crippen LogP contribution < -0.4 is 10.1 Å². The number of piperidine rings is 1. The van der Waals surface area contributed by atoms with Gasteiger partial charge < -0.3 is 15.0 Å². The number of hydrogen-bond acceptors (Lipinski definition) is 4. The van der Waals surface area contributed by atoms with Crippen LogP contribution >= 0.6 is 24.0 Å². The van der Waals surface area contributed by atoms with E-state index in [1.807, 2.05) is 24.3 Å². The van der Waals surface area contributed by atoms with Gasteiger partial charge >= 0.3 is 0 Å². The van der Waals surface area contributed by atoms with Gasteiger partial charge in [0, 0.05) is 39.3 Å². The zero-order chi connectivity index (χ0) is 15.9. The molecule has 136 valence electrons. The van der Waals surface area contributed by atoms with E-state index >= 15 is 0 Å². The number of piperazine rings is 1. The van der Waals surface area contributed by atoms with Crippen molar-refractivity contribution < 1.29 is 4.74 Å². The highest BCUT2D eigenvalue weighted by atomic mass is 35.5. The topological polar surface area (TPSA) is 27.7 Å². The largest absolute Gasteiger partial charge is 0.491 e. The van der Waals surface area contributed by atoms with Gasteiger partial charge in [0.1, 0.15) is 12.4 Å². The monoisotopic (exact) mass is 373 g/mol. The number of halogens is 2. The molecule has 0 unspecified atom stereocenters. The molecule has 3 rings (SSSR count). The average Bonchev–Trinajstić information content (AvgIpc) is 2.59. The first-order valence-electron chi connectivity index (χ1n) is 8.84. The molecule has 2 fully saturated rings. The van der Waals surface area contributed by atoms with Crippen LogP contribution in [-0.2, 0) is 0 Å². The molecule has 0 aliphatic carbocycles. The summed E-state index contributed by atoms with van der Waals surface area (Å²) < 4.78 is 5.79. The molecule has 1 N–H and O–H groups in total. The second kappa shape index (κ2) is 10.5. The number of para-hydroxylation sites is 1. The average molecular weight is 374 g/mol. The Balaban J connectivity index is 0.00000208.